The van der Waals surface area contributed by atoms with Gasteiger partial charge in [0.25, 0.3) is 0 Å². The lowest BCUT2D eigenvalue weighted by atomic mass is 9.96. The van der Waals surface area contributed by atoms with Crippen LogP contribution >= 0.6 is 15.9 Å². The quantitative estimate of drug-likeness (QED) is 0.725. The molecule has 1 saturated heterocycles. The number of rotatable bonds is 3. The summed E-state index contributed by atoms with van der Waals surface area (Å²) in [6.45, 7) is 8.46. The lowest BCUT2D eigenvalue weighted by Crippen LogP contribution is -2.39. The van der Waals surface area contributed by atoms with Crippen LogP contribution in [0.5, 0.6) is 0 Å². The van der Waals surface area contributed by atoms with Gasteiger partial charge in [0.2, 0.25) is 5.91 Å². The van der Waals surface area contributed by atoms with Crippen LogP contribution in [0.4, 0.5) is 0 Å². The number of hydrogen-bond donors (Lipinski definition) is 0. The van der Waals surface area contributed by atoms with Gasteiger partial charge in [0.15, 0.2) is 0 Å². The van der Waals surface area contributed by atoms with Crippen LogP contribution in [0.3, 0.4) is 0 Å². The molecule has 1 rings (SSSR count). The van der Waals surface area contributed by atoms with E-state index in [4.69, 9.17) is 0 Å². The van der Waals surface area contributed by atoms with Gasteiger partial charge in [-0.25, -0.2) is 0 Å². The monoisotopic (exact) mass is 275 g/mol. The minimum Gasteiger partial charge on any atom is -0.342 e. The Morgan fingerprint density at radius 1 is 1.47 bits per heavy atom. The smallest absolute Gasteiger partial charge is 0.222 e. The minimum absolute atomic E-state index is 0.184. The lowest BCUT2D eigenvalue weighted by Gasteiger charge is -2.30. The van der Waals surface area contributed by atoms with E-state index in [-0.39, 0.29) is 5.41 Å². The van der Waals surface area contributed by atoms with Crippen molar-refractivity contribution in [3.05, 3.63) is 0 Å². The summed E-state index contributed by atoms with van der Waals surface area (Å²) in [5, 5.41) is 0.944. The van der Waals surface area contributed by atoms with E-state index in [1.165, 1.54) is 0 Å². The second kappa shape index (κ2) is 5.33. The first-order valence-corrected chi connectivity index (χ1v) is 6.90. The van der Waals surface area contributed by atoms with Gasteiger partial charge in [-0.1, -0.05) is 36.7 Å². The molecule has 1 heterocycles. The van der Waals surface area contributed by atoms with Crippen molar-refractivity contribution in [2.45, 2.75) is 40.0 Å². The molecule has 0 aromatic heterocycles. The molecule has 0 N–H and O–H groups in total. The number of hydrogen-bond acceptors (Lipinski definition) is 1. The fourth-order valence-corrected chi connectivity index (χ4v) is 2.08. The van der Waals surface area contributed by atoms with Crippen molar-refractivity contribution in [2.24, 2.45) is 11.3 Å². The van der Waals surface area contributed by atoms with E-state index >= 15 is 0 Å². The maximum atomic E-state index is 11.9. The van der Waals surface area contributed by atoms with Gasteiger partial charge < -0.3 is 4.90 Å². The van der Waals surface area contributed by atoms with E-state index in [1.807, 2.05) is 4.90 Å². The maximum absolute atomic E-state index is 11.9. The zero-order valence-corrected chi connectivity index (χ0v) is 11.6. The molecule has 1 aliphatic heterocycles. The third-order valence-corrected chi connectivity index (χ3v) is 4.59. The molecule has 2 nitrogen and oxygen atoms in total. The Labute approximate surface area is 102 Å². The molecule has 0 radical (unpaired) electrons. The average Bonchev–Trinajstić information content (AvgIpc) is 2.33. The SMILES string of the molecule is CC1CCC(=O)N(CC(C)(C)CBr)CC1. The summed E-state index contributed by atoms with van der Waals surface area (Å²) in [5.41, 5.74) is 0.184. The van der Waals surface area contributed by atoms with Gasteiger partial charge in [0.1, 0.15) is 0 Å². The average molecular weight is 276 g/mol. The normalized spacial score (nSPS) is 24.1. The maximum Gasteiger partial charge on any atom is 0.222 e. The molecule has 0 spiro atoms. The molecule has 0 saturated carbocycles. The Morgan fingerprint density at radius 2 is 2.13 bits per heavy atom. The molecule has 1 atom stereocenters. The highest BCUT2D eigenvalue weighted by Crippen LogP contribution is 2.24. The molecule has 0 aromatic rings. The number of nitrogens with zero attached hydrogens (tertiary/aromatic N) is 1. The number of halogens is 1. The van der Waals surface area contributed by atoms with Gasteiger partial charge in [-0.15, -0.1) is 0 Å². The van der Waals surface area contributed by atoms with Crippen LogP contribution in [0.15, 0.2) is 0 Å². The van der Waals surface area contributed by atoms with E-state index < -0.39 is 0 Å². The molecule has 0 bridgehead atoms. The largest absolute Gasteiger partial charge is 0.342 e. The van der Waals surface area contributed by atoms with Crippen molar-refractivity contribution in [3.63, 3.8) is 0 Å². The zero-order valence-electron chi connectivity index (χ0n) is 10.1. The van der Waals surface area contributed by atoms with Crippen molar-refractivity contribution < 1.29 is 4.79 Å². The third-order valence-electron chi connectivity index (χ3n) is 3.08. The fourth-order valence-electron chi connectivity index (χ4n) is 1.90. The molecule has 3 heteroatoms. The molecule has 15 heavy (non-hydrogen) atoms. The fraction of sp³-hybridized carbons (Fsp3) is 0.917. The molecule has 1 unspecified atom stereocenters. The first-order valence-electron chi connectivity index (χ1n) is 5.78. The van der Waals surface area contributed by atoms with Crippen LogP contribution in [0.2, 0.25) is 0 Å². The molecule has 88 valence electrons. The van der Waals surface area contributed by atoms with Crippen LogP contribution in [-0.2, 0) is 4.79 Å². The summed E-state index contributed by atoms with van der Waals surface area (Å²) >= 11 is 3.51. The van der Waals surface area contributed by atoms with Crippen molar-refractivity contribution in [1.82, 2.24) is 4.90 Å². The minimum atomic E-state index is 0.184. The van der Waals surface area contributed by atoms with Crippen molar-refractivity contribution in [2.75, 3.05) is 18.4 Å². The number of carbonyl (C=O) groups excluding carboxylic acids is 1. The number of likely N-dealkylation sites (tertiary alicyclic amines) is 1. The number of amides is 1. The third kappa shape index (κ3) is 4.13. The highest BCUT2D eigenvalue weighted by atomic mass is 79.9. The Bertz CT molecular complexity index is 228. The van der Waals surface area contributed by atoms with Crippen molar-refractivity contribution in [1.29, 1.82) is 0 Å². The highest BCUT2D eigenvalue weighted by Gasteiger charge is 2.26. The van der Waals surface area contributed by atoms with Gasteiger partial charge in [-0.3, -0.25) is 4.79 Å². The Hall–Kier alpha value is -0.0500. The summed E-state index contributed by atoms with van der Waals surface area (Å²) in [7, 11) is 0. The van der Waals surface area contributed by atoms with Crippen molar-refractivity contribution in [3.8, 4) is 0 Å². The zero-order chi connectivity index (χ0) is 11.5. The van der Waals surface area contributed by atoms with Gasteiger partial charge >= 0.3 is 0 Å². The van der Waals surface area contributed by atoms with Crippen LogP contribution in [-0.4, -0.2) is 29.2 Å². The van der Waals surface area contributed by atoms with Crippen LogP contribution in [0.25, 0.3) is 0 Å². The molecular formula is C12H22BrNO. The van der Waals surface area contributed by atoms with E-state index in [0.717, 1.165) is 37.7 Å². The molecule has 1 fully saturated rings. The number of carbonyl (C=O) groups is 1. The lowest BCUT2D eigenvalue weighted by molar-refractivity contribution is -0.131. The first-order chi connectivity index (χ1) is 6.94. The standard InChI is InChI=1S/C12H22BrNO/c1-10-4-5-11(15)14(7-6-10)9-12(2,3)8-13/h10H,4-9H2,1-3H3. The van der Waals surface area contributed by atoms with Crippen molar-refractivity contribution >= 4 is 21.8 Å². The summed E-state index contributed by atoms with van der Waals surface area (Å²) in [4.78, 5) is 13.9. The second-order valence-electron chi connectivity index (χ2n) is 5.55. The van der Waals surface area contributed by atoms with E-state index in [0.29, 0.717) is 11.8 Å². The molecule has 0 aliphatic carbocycles. The van der Waals surface area contributed by atoms with E-state index in [9.17, 15) is 4.79 Å². The highest BCUT2D eigenvalue weighted by molar-refractivity contribution is 9.09. The van der Waals surface area contributed by atoms with E-state index in [1.54, 1.807) is 0 Å². The van der Waals surface area contributed by atoms with Gasteiger partial charge in [-0.05, 0) is 24.2 Å². The molecule has 0 aromatic carbocycles. The van der Waals surface area contributed by atoms with Gasteiger partial charge in [0.05, 0.1) is 0 Å². The van der Waals surface area contributed by atoms with E-state index in [2.05, 4.69) is 36.7 Å². The van der Waals surface area contributed by atoms with Crippen LogP contribution < -0.4 is 0 Å². The summed E-state index contributed by atoms with van der Waals surface area (Å²) < 4.78 is 0. The summed E-state index contributed by atoms with van der Waals surface area (Å²) in [5.74, 6) is 1.04. The summed E-state index contributed by atoms with van der Waals surface area (Å²) in [6.07, 6.45) is 2.95. The molecular weight excluding hydrogens is 254 g/mol. The second-order valence-corrected chi connectivity index (χ2v) is 6.11. The Balaban J connectivity index is 2.56. The summed E-state index contributed by atoms with van der Waals surface area (Å²) in [6, 6.07) is 0. The first kappa shape index (κ1) is 13.0. The predicted molar refractivity (Wildman–Crippen MR) is 67.2 cm³/mol. The Morgan fingerprint density at radius 3 is 2.73 bits per heavy atom. The number of alkyl halides is 1. The molecule has 1 aliphatic rings. The molecule has 1 amide bonds. The van der Waals surface area contributed by atoms with Gasteiger partial charge in [-0.2, -0.15) is 0 Å². The predicted octanol–water partition coefficient (Wildman–Crippen LogP) is 3.06. The topological polar surface area (TPSA) is 20.3 Å². The Kier molecular flexibility index (Phi) is 4.63. The van der Waals surface area contributed by atoms with Gasteiger partial charge in [0, 0.05) is 24.8 Å². The van der Waals surface area contributed by atoms with Crippen LogP contribution in [0.1, 0.15) is 40.0 Å². The van der Waals surface area contributed by atoms with Crippen LogP contribution in [0, 0.1) is 11.3 Å².